The Bertz CT molecular complexity index is 856. The number of carbonyl (C=O) groups is 1. The Morgan fingerprint density at radius 2 is 1.96 bits per heavy atom. The van der Waals surface area contributed by atoms with Gasteiger partial charge in [-0.15, -0.1) is 11.3 Å². The molecule has 1 saturated heterocycles. The monoisotopic (exact) mass is 395 g/mol. The molecule has 2 heterocycles. The molecule has 0 atom stereocenters. The van der Waals surface area contributed by atoms with Crippen molar-refractivity contribution in [2.75, 3.05) is 31.6 Å². The highest BCUT2D eigenvalue weighted by molar-refractivity contribution is 7.89. The van der Waals surface area contributed by atoms with E-state index in [4.69, 9.17) is 4.74 Å². The molecule has 1 N–H and O–H groups in total. The minimum Gasteiger partial charge on any atom is -0.379 e. The van der Waals surface area contributed by atoms with Crippen molar-refractivity contribution in [3.8, 4) is 0 Å². The van der Waals surface area contributed by atoms with Crippen LogP contribution >= 0.6 is 11.3 Å². The summed E-state index contributed by atoms with van der Waals surface area (Å²) in [6.45, 7) is 3.47. The van der Waals surface area contributed by atoms with E-state index in [1.165, 1.54) is 15.6 Å². The van der Waals surface area contributed by atoms with Crippen LogP contribution in [0.5, 0.6) is 0 Å². The first-order valence-electron chi connectivity index (χ1n) is 8.34. The van der Waals surface area contributed by atoms with E-state index in [-0.39, 0.29) is 10.8 Å². The minimum absolute atomic E-state index is 0.107. The second-order valence-corrected chi connectivity index (χ2v) is 8.80. The molecular formula is C17H21N3O4S2. The van der Waals surface area contributed by atoms with E-state index in [0.29, 0.717) is 44.3 Å². The maximum absolute atomic E-state index is 12.6. The molecule has 26 heavy (non-hydrogen) atoms. The van der Waals surface area contributed by atoms with Gasteiger partial charge in [-0.3, -0.25) is 4.79 Å². The maximum atomic E-state index is 12.6. The van der Waals surface area contributed by atoms with Crippen LogP contribution < -0.4 is 5.32 Å². The van der Waals surface area contributed by atoms with Gasteiger partial charge in [-0.2, -0.15) is 4.31 Å². The number of rotatable bonds is 6. The molecule has 0 aliphatic carbocycles. The van der Waals surface area contributed by atoms with E-state index in [1.54, 1.807) is 24.3 Å². The van der Waals surface area contributed by atoms with Crippen LogP contribution in [0.25, 0.3) is 0 Å². The molecule has 1 fully saturated rings. The van der Waals surface area contributed by atoms with Crippen LogP contribution in [0.2, 0.25) is 0 Å². The lowest BCUT2D eigenvalue weighted by atomic mass is 10.1. The standard InChI is InChI=1S/C17H21N3O4S2/c1-13-12-25-17(18-13)19-16(21)7-4-14-2-5-15(6-3-14)26(22,23)20-8-10-24-11-9-20/h2-3,5-6,12H,4,7-11H2,1H3,(H,18,19,21). The zero-order valence-corrected chi connectivity index (χ0v) is 16.1. The van der Waals surface area contributed by atoms with Gasteiger partial charge in [-0.25, -0.2) is 13.4 Å². The smallest absolute Gasteiger partial charge is 0.243 e. The summed E-state index contributed by atoms with van der Waals surface area (Å²) in [5.41, 5.74) is 1.79. The lowest BCUT2D eigenvalue weighted by molar-refractivity contribution is -0.116. The van der Waals surface area contributed by atoms with Crippen molar-refractivity contribution in [3.05, 3.63) is 40.9 Å². The summed E-state index contributed by atoms with van der Waals surface area (Å²) < 4.78 is 31.8. The number of thiazole rings is 1. The molecule has 140 valence electrons. The van der Waals surface area contributed by atoms with Gasteiger partial charge >= 0.3 is 0 Å². The Hall–Kier alpha value is -1.81. The van der Waals surface area contributed by atoms with Crippen molar-refractivity contribution >= 4 is 32.4 Å². The molecule has 1 aromatic carbocycles. The van der Waals surface area contributed by atoms with Crippen LogP contribution in [0.15, 0.2) is 34.5 Å². The second-order valence-electron chi connectivity index (χ2n) is 6.00. The van der Waals surface area contributed by atoms with E-state index >= 15 is 0 Å². The SMILES string of the molecule is Cc1csc(NC(=O)CCc2ccc(S(=O)(=O)N3CCOCC3)cc2)n1. The number of nitrogens with zero attached hydrogens (tertiary/aromatic N) is 2. The van der Waals surface area contributed by atoms with Gasteiger partial charge in [0.15, 0.2) is 5.13 Å². The third-order valence-electron chi connectivity index (χ3n) is 4.04. The number of carbonyl (C=O) groups excluding carboxylic acids is 1. The molecule has 2 aromatic rings. The first-order valence-corrected chi connectivity index (χ1v) is 10.7. The summed E-state index contributed by atoms with van der Waals surface area (Å²) in [7, 11) is -3.48. The lowest BCUT2D eigenvalue weighted by Gasteiger charge is -2.26. The average molecular weight is 396 g/mol. The number of ether oxygens (including phenoxy) is 1. The molecule has 0 unspecified atom stereocenters. The Balaban J connectivity index is 1.56. The van der Waals surface area contributed by atoms with E-state index in [0.717, 1.165) is 11.3 Å². The molecule has 3 rings (SSSR count). The van der Waals surface area contributed by atoms with Crippen LogP contribution in [-0.4, -0.2) is 49.9 Å². The van der Waals surface area contributed by atoms with Crippen LogP contribution in [0.3, 0.4) is 0 Å². The molecule has 0 spiro atoms. The fourth-order valence-corrected chi connectivity index (χ4v) is 4.73. The van der Waals surface area contributed by atoms with Gasteiger partial charge in [0.25, 0.3) is 0 Å². The number of aryl methyl sites for hydroxylation is 2. The van der Waals surface area contributed by atoms with Gasteiger partial charge in [0.2, 0.25) is 15.9 Å². The summed E-state index contributed by atoms with van der Waals surface area (Å²) in [6.07, 6.45) is 0.849. The minimum atomic E-state index is -3.48. The number of aromatic nitrogens is 1. The third kappa shape index (κ3) is 4.67. The van der Waals surface area contributed by atoms with E-state index in [1.807, 2.05) is 12.3 Å². The fraction of sp³-hybridized carbons (Fsp3) is 0.412. The summed E-state index contributed by atoms with van der Waals surface area (Å²) in [5.74, 6) is -0.107. The Morgan fingerprint density at radius 3 is 2.58 bits per heavy atom. The summed E-state index contributed by atoms with van der Waals surface area (Å²) >= 11 is 1.39. The van der Waals surface area contributed by atoms with Crippen LogP contribution in [0.1, 0.15) is 17.7 Å². The van der Waals surface area contributed by atoms with Gasteiger partial charge < -0.3 is 10.1 Å². The number of benzene rings is 1. The lowest BCUT2D eigenvalue weighted by Crippen LogP contribution is -2.40. The second kappa shape index (κ2) is 8.26. The Kier molecular flexibility index (Phi) is 6.02. The number of hydrogen-bond acceptors (Lipinski definition) is 6. The zero-order valence-electron chi connectivity index (χ0n) is 14.5. The third-order valence-corrected chi connectivity index (χ3v) is 6.83. The van der Waals surface area contributed by atoms with Crippen LogP contribution in [-0.2, 0) is 26.0 Å². The number of nitrogens with one attached hydrogen (secondary N) is 1. The molecule has 7 nitrogen and oxygen atoms in total. The molecular weight excluding hydrogens is 374 g/mol. The van der Waals surface area contributed by atoms with Crippen LogP contribution in [0, 0.1) is 6.92 Å². The predicted molar refractivity (Wildman–Crippen MR) is 99.8 cm³/mol. The Morgan fingerprint density at radius 1 is 1.27 bits per heavy atom. The molecule has 0 radical (unpaired) electrons. The maximum Gasteiger partial charge on any atom is 0.243 e. The van der Waals surface area contributed by atoms with Crippen molar-refractivity contribution < 1.29 is 17.9 Å². The highest BCUT2D eigenvalue weighted by Gasteiger charge is 2.26. The van der Waals surface area contributed by atoms with E-state index < -0.39 is 10.0 Å². The molecule has 1 amide bonds. The normalized spacial score (nSPS) is 15.7. The first-order chi connectivity index (χ1) is 12.4. The molecule has 1 aliphatic rings. The summed E-state index contributed by atoms with van der Waals surface area (Å²) in [4.78, 5) is 16.4. The summed E-state index contributed by atoms with van der Waals surface area (Å²) in [5, 5.41) is 5.24. The predicted octanol–water partition coefficient (Wildman–Crippen LogP) is 2.04. The van der Waals surface area contributed by atoms with Crippen molar-refractivity contribution in [2.24, 2.45) is 0 Å². The van der Waals surface area contributed by atoms with Gasteiger partial charge in [-0.05, 0) is 31.0 Å². The Labute approximate surface area is 157 Å². The van der Waals surface area contributed by atoms with Gasteiger partial charge in [0.1, 0.15) is 0 Å². The number of sulfonamides is 1. The van der Waals surface area contributed by atoms with Gasteiger partial charge in [-0.1, -0.05) is 12.1 Å². The van der Waals surface area contributed by atoms with E-state index in [9.17, 15) is 13.2 Å². The highest BCUT2D eigenvalue weighted by atomic mass is 32.2. The molecule has 9 heteroatoms. The zero-order chi connectivity index (χ0) is 18.6. The molecule has 0 bridgehead atoms. The topological polar surface area (TPSA) is 88.6 Å². The number of morpholine rings is 1. The van der Waals surface area contributed by atoms with Crippen LogP contribution in [0.4, 0.5) is 5.13 Å². The van der Waals surface area contributed by atoms with Gasteiger partial charge in [0.05, 0.1) is 23.8 Å². The molecule has 0 saturated carbocycles. The highest BCUT2D eigenvalue weighted by Crippen LogP contribution is 2.19. The molecule has 1 aliphatic heterocycles. The first kappa shape index (κ1) is 19.0. The largest absolute Gasteiger partial charge is 0.379 e. The van der Waals surface area contributed by atoms with Gasteiger partial charge in [0, 0.05) is 24.9 Å². The number of amides is 1. The average Bonchev–Trinajstić information content (AvgIpc) is 3.06. The van der Waals surface area contributed by atoms with Crippen molar-refractivity contribution in [1.82, 2.24) is 9.29 Å². The van der Waals surface area contributed by atoms with Crippen molar-refractivity contribution in [1.29, 1.82) is 0 Å². The molecule has 1 aromatic heterocycles. The summed E-state index contributed by atoms with van der Waals surface area (Å²) in [6, 6.07) is 6.72. The number of hydrogen-bond donors (Lipinski definition) is 1. The quantitative estimate of drug-likeness (QED) is 0.809. The van der Waals surface area contributed by atoms with Crippen molar-refractivity contribution in [2.45, 2.75) is 24.7 Å². The number of anilines is 1. The van der Waals surface area contributed by atoms with Crippen molar-refractivity contribution in [3.63, 3.8) is 0 Å². The van der Waals surface area contributed by atoms with E-state index in [2.05, 4.69) is 10.3 Å². The fourth-order valence-electron chi connectivity index (χ4n) is 2.62.